The molecule has 0 amide bonds. The van der Waals surface area contributed by atoms with Gasteiger partial charge in [-0.05, 0) is 42.5 Å². The maximum Gasteiger partial charge on any atom is 0.346 e. The average Bonchev–Trinajstić information content (AvgIpc) is 2.80. The van der Waals surface area contributed by atoms with Crippen LogP contribution in [-0.4, -0.2) is 19.0 Å². The van der Waals surface area contributed by atoms with E-state index in [1.807, 2.05) is 24.3 Å². The van der Waals surface area contributed by atoms with Gasteiger partial charge in [0.1, 0.15) is 5.75 Å². The molecule has 0 saturated heterocycles. The van der Waals surface area contributed by atoms with E-state index in [-0.39, 0.29) is 11.1 Å². The lowest BCUT2D eigenvalue weighted by molar-refractivity contribution is 0.0444. The van der Waals surface area contributed by atoms with Gasteiger partial charge in [0.25, 0.3) is 0 Å². The summed E-state index contributed by atoms with van der Waals surface area (Å²) in [5.41, 5.74) is 2.03. The standard InChI is InChI=1S/C17H10O4/c1-20-13-7-4-11(5-8-13)2-3-12-6-9-14-15(10-12)17(19)21-16(14)18/h4-10H,1H3. The van der Waals surface area contributed by atoms with E-state index in [0.717, 1.165) is 11.3 Å². The van der Waals surface area contributed by atoms with Crippen molar-refractivity contribution in [3.05, 3.63) is 64.7 Å². The van der Waals surface area contributed by atoms with Crippen molar-refractivity contribution >= 4 is 11.9 Å². The fourth-order valence-electron chi connectivity index (χ4n) is 1.98. The third-order valence-corrected chi connectivity index (χ3v) is 3.09. The minimum atomic E-state index is -0.622. The van der Waals surface area contributed by atoms with Gasteiger partial charge in [-0.15, -0.1) is 0 Å². The van der Waals surface area contributed by atoms with Crippen LogP contribution >= 0.6 is 0 Å². The second-order valence-electron chi connectivity index (χ2n) is 4.42. The molecule has 0 radical (unpaired) electrons. The number of carbonyl (C=O) groups is 2. The number of cyclic esters (lactones) is 2. The monoisotopic (exact) mass is 278 g/mol. The SMILES string of the molecule is COc1ccc(C#Cc2ccc3c(c2)C(=O)OC3=O)cc1. The zero-order valence-electron chi connectivity index (χ0n) is 11.2. The maximum atomic E-state index is 11.5. The molecule has 3 rings (SSSR count). The van der Waals surface area contributed by atoms with Crippen molar-refractivity contribution in [2.24, 2.45) is 0 Å². The zero-order valence-corrected chi connectivity index (χ0v) is 11.2. The Labute approximate surface area is 121 Å². The number of benzene rings is 2. The van der Waals surface area contributed by atoms with Crippen LogP contribution in [0.2, 0.25) is 0 Å². The minimum Gasteiger partial charge on any atom is -0.497 e. The van der Waals surface area contributed by atoms with Crippen molar-refractivity contribution in [2.75, 3.05) is 7.11 Å². The summed E-state index contributed by atoms with van der Waals surface area (Å²) in [4.78, 5) is 22.8. The van der Waals surface area contributed by atoms with Crippen molar-refractivity contribution in [3.8, 4) is 17.6 Å². The molecule has 0 aliphatic carbocycles. The lowest BCUT2D eigenvalue weighted by Gasteiger charge is -1.97. The largest absolute Gasteiger partial charge is 0.497 e. The predicted octanol–water partition coefficient (Wildman–Crippen LogP) is 2.41. The van der Waals surface area contributed by atoms with Crippen LogP contribution in [0.1, 0.15) is 31.8 Å². The number of hydrogen-bond donors (Lipinski definition) is 0. The molecule has 1 aliphatic rings. The summed E-state index contributed by atoms with van der Waals surface area (Å²) >= 11 is 0. The summed E-state index contributed by atoms with van der Waals surface area (Å²) in [6.45, 7) is 0. The highest BCUT2D eigenvalue weighted by molar-refractivity contribution is 6.14. The molecule has 21 heavy (non-hydrogen) atoms. The van der Waals surface area contributed by atoms with Crippen molar-refractivity contribution in [1.82, 2.24) is 0 Å². The molecule has 2 aromatic carbocycles. The van der Waals surface area contributed by atoms with Crippen LogP contribution in [0, 0.1) is 11.8 Å². The zero-order chi connectivity index (χ0) is 14.8. The molecule has 102 valence electrons. The molecule has 0 atom stereocenters. The summed E-state index contributed by atoms with van der Waals surface area (Å²) in [5.74, 6) is 5.47. The Balaban J connectivity index is 1.89. The summed E-state index contributed by atoms with van der Waals surface area (Å²) in [6, 6.07) is 12.1. The van der Waals surface area contributed by atoms with Crippen LogP contribution in [0.15, 0.2) is 42.5 Å². The Kier molecular flexibility index (Phi) is 3.17. The normalized spacial score (nSPS) is 12.2. The first-order valence-electron chi connectivity index (χ1n) is 6.24. The van der Waals surface area contributed by atoms with Gasteiger partial charge in [-0.3, -0.25) is 0 Å². The summed E-state index contributed by atoms with van der Waals surface area (Å²) in [7, 11) is 1.60. The summed E-state index contributed by atoms with van der Waals surface area (Å²) in [5, 5.41) is 0. The number of hydrogen-bond acceptors (Lipinski definition) is 4. The molecule has 1 heterocycles. The van der Waals surface area contributed by atoms with Crippen molar-refractivity contribution in [3.63, 3.8) is 0 Å². The molecule has 0 bridgehead atoms. The van der Waals surface area contributed by atoms with Crippen LogP contribution in [-0.2, 0) is 4.74 Å². The molecule has 4 heteroatoms. The molecular formula is C17H10O4. The molecule has 0 saturated carbocycles. The molecule has 0 N–H and O–H groups in total. The van der Waals surface area contributed by atoms with Crippen molar-refractivity contribution in [1.29, 1.82) is 0 Å². The topological polar surface area (TPSA) is 52.6 Å². The fraction of sp³-hybridized carbons (Fsp3) is 0.0588. The van der Waals surface area contributed by atoms with Crippen LogP contribution < -0.4 is 4.74 Å². The van der Waals surface area contributed by atoms with Crippen LogP contribution in [0.5, 0.6) is 5.75 Å². The number of rotatable bonds is 1. The van der Waals surface area contributed by atoms with E-state index in [1.54, 1.807) is 25.3 Å². The second kappa shape index (κ2) is 5.14. The fourth-order valence-corrected chi connectivity index (χ4v) is 1.98. The molecule has 0 aromatic heterocycles. The molecule has 0 unspecified atom stereocenters. The van der Waals surface area contributed by atoms with Crippen LogP contribution in [0.4, 0.5) is 0 Å². The van der Waals surface area contributed by atoms with Gasteiger partial charge >= 0.3 is 11.9 Å². The first kappa shape index (κ1) is 12.9. The lowest BCUT2D eigenvalue weighted by atomic mass is 10.1. The van der Waals surface area contributed by atoms with Crippen molar-refractivity contribution in [2.45, 2.75) is 0 Å². The van der Waals surface area contributed by atoms with Crippen LogP contribution in [0.25, 0.3) is 0 Å². The molecule has 1 aliphatic heterocycles. The highest BCUT2D eigenvalue weighted by Gasteiger charge is 2.29. The maximum absolute atomic E-state index is 11.5. The predicted molar refractivity (Wildman–Crippen MR) is 75.2 cm³/mol. The number of carbonyl (C=O) groups excluding carboxylic acids is 2. The Morgan fingerprint density at radius 2 is 1.48 bits per heavy atom. The van der Waals surface area contributed by atoms with Gasteiger partial charge in [-0.25, -0.2) is 9.59 Å². The Morgan fingerprint density at radius 1 is 0.857 bits per heavy atom. The van der Waals surface area contributed by atoms with Gasteiger partial charge in [0.05, 0.1) is 18.2 Å². The van der Waals surface area contributed by atoms with E-state index in [0.29, 0.717) is 5.56 Å². The number of fused-ring (bicyclic) bond motifs is 1. The van der Waals surface area contributed by atoms with Crippen LogP contribution in [0.3, 0.4) is 0 Å². The molecule has 4 nitrogen and oxygen atoms in total. The summed E-state index contributed by atoms with van der Waals surface area (Å²) in [6.07, 6.45) is 0. The number of esters is 2. The van der Waals surface area contributed by atoms with Gasteiger partial charge in [-0.1, -0.05) is 11.8 Å². The first-order chi connectivity index (χ1) is 10.2. The highest BCUT2D eigenvalue weighted by Crippen LogP contribution is 2.20. The van der Waals surface area contributed by atoms with E-state index in [1.165, 1.54) is 0 Å². The van der Waals surface area contributed by atoms with Gasteiger partial charge < -0.3 is 9.47 Å². The third-order valence-electron chi connectivity index (χ3n) is 3.09. The third kappa shape index (κ3) is 2.49. The number of ether oxygens (including phenoxy) is 2. The van der Waals surface area contributed by atoms with Gasteiger partial charge in [0.15, 0.2) is 0 Å². The van der Waals surface area contributed by atoms with E-state index in [2.05, 4.69) is 16.6 Å². The minimum absolute atomic E-state index is 0.265. The van der Waals surface area contributed by atoms with E-state index < -0.39 is 11.9 Å². The Hall–Kier alpha value is -3.06. The Morgan fingerprint density at radius 3 is 2.19 bits per heavy atom. The second-order valence-corrected chi connectivity index (χ2v) is 4.42. The van der Waals surface area contributed by atoms with E-state index in [9.17, 15) is 9.59 Å². The van der Waals surface area contributed by atoms with Gasteiger partial charge in [0.2, 0.25) is 0 Å². The van der Waals surface area contributed by atoms with E-state index >= 15 is 0 Å². The molecule has 0 spiro atoms. The average molecular weight is 278 g/mol. The van der Waals surface area contributed by atoms with E-state index in [4.69, 9.17) is 4.74 Å². The van der Waals surface area contributed by atoms with Gasteiger partial charge in [-0.2, -0.15) is 0 Å². The van der Waals surface area contributed by atoms with Gasteiger partial charge in [0, 0.05) is 11.1 Å². The summed E-state index contributed by atoms with van der Waals surface area (Å²) < 4.78 is 9.61. The highest BCUT2D eigenvalue weighted by atomic mass is 16.6. The molecule has 0 fully saturated rings. The quantitative estimate of drug-likeness (QED) is 0.456. The Bertz CT molecular complexity index is 792. The lowest BCUT2D eigenvalue weighted by Crippen LogP contribution is -1.96. The first-order valence-corrected chi connectivity index (χ1v) is 6.24. The smallest absolute Gasteiger partial charge is 0.346 e. The number of methoxy groups -OCH3 is 1. The molecule has 2 aromatic rings. The molecular weight excluding hydrogens is 268 g/mol. The van der Waals surface area contributed by atoms with Crippen molar-refractivity contribution < 1.29 is 19.1 Å².